The Hall–Kier alpha value is -3.07. The van der Waals surface area contributed by atoms with Crippen LogP contribution in [0.15, 0.2) is 48.0 Å². The molecule has 2 aliphatic heterocycles. The Morgan fingerprint density at radius 2 is 1.95 bits per heavy atom. The summed E-state index contributed by atoms with van der Waals surface area (Å²) in [4.78, 5) is 36.3. The van der Waals surface area contributed by atoms with Crippen LogP contribution in [-0.2, 0) is 11.3 Å². The van der Waals surface area contributed by atoms with Gasteiger partial charge in [0.15, 0.2) is 0 Å². The van der Waals surface area contributed by atoms with Gasteiger partial charge in [-0.25, -0.2) is 4.98 Å². The minimum atomic E-state index is -0.570. The first-order valence-corrected chi connectivity index (χ1v) is 14.7. The molecule has 39 heavy (non-hydrogen) atoms. The monoisotopic (exact) mass is 546 g/mol. The van der Waals surface area contributed by atoms with Crippen molar-refractivity contribution in [3.05, 3.63) is 75.9 Å². The Labute approximate surface area is 234 Å². The van der Waals surface area contributed by atoms with Crippen molar-refractivity contribution >= 4 is 23.2 Å². The number of nitrogens with one attached hydrogen (secondary N) is 1. The lowest BCUT2D eigenvalue weighted by Gasteiger charge is -2.36. The van der Waals surface area contributed by atoms with Crippen molar-refractivity contribution in [2.24, 2.45) is 5.92 Å². The predicted molar refractivity (Wildman–Crippen MR) is 155 cm³/mol. The summed E-state index contributed by atoms with van der Waals surface area (Å²) in [7, 11) is 0. The van der Waals surface area contributed by atoms with E-state index in [0.717, 1.165) is 11.3 Å². The maximum absolute atomic E-state index is 14.0. The molecule has 4 atom stereocenters. The van der Waals surface area contributed by atoms with Gasteiger partial charge in [-0.3, -0.25) is 9.59 Å². The minimum absolute atomic E-state index is 0.0515. The summed E-state index contributed by atoms with van der Waals surface area (Å²) in [6, 6.07) is 13.5. The Morgan fingerprint density at radius 3 is 2.62 bits per heavy atom. The molecule has 4 unspecified atom stereocenters. The molecule has 0 spiro atoms. The van der Waals surface area contributed by atoms with Gasteiger partial charge < -0.3 is 20.2 Å². The highest BCUT2D eigenvalue weighted by molar-refractivity contribution is 7.13. The molecule has 5 rings (SSSR count). The van der Waals surface area contributed by atoms with Crippen molar-refractivity contribution in [3.63, 3.8) is 0 Å². The molecule has 206 valence electrons. The fraction of sp³-hybridized carbons (Fsp3) is 0.452. The molecule has 3 heterocycles. The van der Waals surface area contributed by atoms with Crippen LogP contribution in [0.5, 0.6) is 0 Å². The van der Waals surface area contributed by atoms with Crippen molar-refractivity contribution in [1.82, 2.24) is 20.1 Å². The van der Waals surface area contributed by atoms with Crippen molar-refractivity contribution < 1.29 is 14.7 Å². The highest BCUT2D eigenvalue weighted by Gasteiger charge is 2.43. The van der Waals surface area contributed by atoms with E-state index in [4.69, 9.17) is 0 Å². The summed E-state index contributed by atoms with van der Waals surface area (Å²) in [5.41, 5.74) is 8.14. The SMILES string of the molecule is Cc1cc(-c2scnc2C)ccc1C(C)NCC1CC(O)CN1C(=O)C(C(C)C)N1Cc2ccccc2C1=O. The summed E-state index contributed by atoms with van der Waals surface area (Å²) in [5.74, 6) is -0.222. The quantitative estimate of drug-likeness (QED) is 0.427. The van der Waals surface area contributed by atoms with Gasteiger partial charge >= 0.3 is 0 Å². The smallest absolute Gasteiger partial charge is 0.255 e. The molecule has 2 N–H and O–H groups in total. The normalized spacial score (nSPS) is 20.5. The highest BCUT2D eigenvalue weighted by atomic mass is 32.1. The van der Waals surface area contributed by atoms with E-state index in [-0.39, 0.29) is 29.8 Å². The molecule has 0 aliphatic carbocycles. The highest BCUT2D eigenvalue weighted by Crippen LogP contribution is 2.32. The zero-order valence-corrected chi connectivity index (χ0v) is 24.2. The summed E-state index contributed by atoms with van der Waals surface area (Å²) in [6.07, 6.45) is -0.0495. The number of amides is 2. The lowest BCUT2D eigenvalue weighted by atomic mass is 9.98. The minimum Gasteiger partial charge on any atom is -0.391 e. The van der Waals surface area contributed by atoms with Crippen LogP contribution in [0.25, 0.3) is 10.4 Å². The van der Waals surface area contributed by atoms with Gasteiger partial charge in [-0.05, 0) is 61.4 Å². The van der Waals surface area contributed by atoms with Crippen LogP contribution in [0, 0.1) is 19.8 Å². The van der Waals surface area contributed by atoms with E-state index in [0.29, 0.717) is 31.6 Å². The van der Waals surface area contributed by atoms with E-state index in [1.54, 1.807) is 21.1 Å². The number of benzene rings is 2. The fourth-order valence-corrected chi connectivity index (χ4v) is 6.91. The number of hydrogen-bond acceptors (Lipinski definition) is 6. The second-order valence-corrected chi connectivity index (χ2v) is 12.1. The number of likely N-dealkylation sites (tertiary alicyclic amines) is 1. The molecule has 1 fully saturated rings. The number of aryl methyl sites for hydroxylation is 2. The van der Waals surface area contributed by atoms with E-state index in [9.17, 15) is 14.7 Å². The molecule has 7 nitrogen and oxygen atoms in total. The number of aliphatic hydroxyl groups is 1. The maximum Gasteiger partial charge on any atom is 0.255 e. The lowest BCUT2D eigenvalue weighted by Crippen LogP contribution is -2.54. The van der Waals surface area contributed by atoms with E-state index in [1.807, 2.05) is 50.5 Å². The number of aliphatic hydroxyl groups excluding tert-OH is 1. The number of aromatic nitrogens is 1. The number of carbonyl (C=O) groups is 2. The third-order valence-electron chi connectivity index (χ3n) is 8.15. The molecule has 2 aromatic carbocycles. The largest absolute Gasteiger partial charge is 0.391 e. The third-order valence-corrected chi connectivity index (χ3v) is 9.13. The van der Waals surface area contributed by atoms with Crippen LogP contribution in [-0.4, -0.2) is 63.0 Å². The molecular formula is C31H38N4O3S. The molecule has 1 saturated heterocycles. The van der Waals surface area contributed by atoms with Crippen LogP contribution < -0.4 is 5.32 Å². The summed E-state index contributed by atoms with van der Waals surface area (Å²) in [6.45, 7) is 11.6. The number of fused-ring (bicyclic) bond motifs is 1. The molecule has 3 aromatic rings. The van der Waals surface area contributed by atoms with Gasteiger partial charge in [-0.1, -0.05) is 50.2 Å². The van der Waals surface area contributed by atoms with Gasteiger partial charge in [0.2, 0.25) is 5.91 Å². The van der Waals surface area contributed by atoms with Gasteiger partial charge in [-0.2, -0.15) is 0 Å². The molecule has 0 radical (unpaired) electrons. The lowest BCUT2D eigenvalue weighted by molar-refractivity contribution is -0.139. The molecule has 8 heteroatoms. The van der Waals surface area contributed by atoms with Gasteiger partial charge in [0.05, 0.1) is 22.2 Å². The molecular weight excluding hydrogens is 508 g/mol. The van der Waals surface area contributed by atoms with Crippen molar-refractivity contribution in [2.75, 3.05) is 13.1 Å². The van der Waals surface area contributed by atoms with E-state index < -0.39 is 12.1 Å². The van der Waals surface area contributed by atoms with Crippen LogP contribution in [0.4, 0.5) is 0 Å². The summed E-state index contributed by atoms with van der Waals surface area (Å²) < 4.78 is 0. The summed E-state index contributed by atoms with van der Waals surface area (Å²) in [5, 5.41) is 14.2. The zero-order chi connectivity index (χ0) is 27.8. The van der Waals surface area contributed by atoms with Crippen LogP contribution in [0.1, 0.15) is 66.0 Å². The van der Waals surface area contributed by atoms with Gasteiger partial charge in [-0.15, -0.1) is 11.3 Å². The Bertz CT molecular complexity index is 1370. The van der Waals surface area contributed by atoms with E-state index >= 15 is 0 Å². The first-order valence-electron chi connectivity index (χ1n) is 13.8. The molecule has 2 aliphatic rings. The second kappa shape index (κ2) is 11.2. The average Bonchev–Trinajstić information content (AvgIpc) is 3.59. The zero-order valence-electron chi connectivity index (χ0n) is 23.3. The van der Waals surface area contributed by atoms with Crippen LogP contribution in [0.2, 0.25) is 0 Å². The average molecular weight is 547 g/mol. The second-order valence-electron chi connectivity index (χ2n) is 11.3. The number of carbonyl (C=O) groups excluding carboxylic acids is 2. The first-order chi connectivity index (χ1) is 18.7. The Kier molecular flexibility index (Phi) is 7.89. The number of hydrogen-bond donors (Lipinski definition) is 2. The van der Waals surface area contributed by atoms with Crippen LogP contribution >= 0.6 is 11.3 Å². The molecule has 1 aromatic heterocycles. The van der Waals surface area contributed by atoms with Crippen molar-refractivity contribution in [2.45, 2.75) is 71.8 Å². The standard InChI is InChI=1S/C31H38N4O3S/c1-18(2)28(35-15-23-8-6-7-9-27(23)30(35)37)31(38)34-16-25(36)13-24(34)14-32-20(4)26-11-10-22(12-19(26)3)29-21(5)33-17-39-29/h6-12,17-18,20,24-25,28,32,36H,13-16H2,1-5H3. The topological polar surface area (TPSA) is 85.8 Å². The van der Waals surface area contributed by atoms with E-state index in [2.05, 4.69) is 42.3 Å². The number of thiazole rings is 1. The van der Waals surface area contributed by atoms with Crippen LogP contribution in [0.3, 0.4) is 0 Å². The van der Waals surface area contributed by atoms with Gasteiger partial charge in [0.25, 0.3) is 5.91 Å². The summed E-state index contributed by atoms with van der Waals surface area (Å²) >= 11 is 1.65. The van der Waals surface area contributed by atoms with Crippen molar-refractivity contribution in [3.8, 4) is 10.4 Å². The predicted octanol–water partition coefficient (Wildman–Crippen LogP) is 4.72. The number of nitrogens with zero attached hydrogens (tertiary/aromatic N) is 3. The number of rotatable bonds is 8. The first kappa shape index (κ1) is 27.5. The molecule has 2 amide bonds. The van der Waals surface area contributed by atoms with Gasteiger partial charge in [0.1, 0.15) is 6.04 Å². The number of β-amino-alcohol motifs (C(OH)–C–C–N with tert-alkyl or cyclic N) is 1. The van der Waals surface area contributed by atoms with E-state index in [1.165, 1.54) is 21.6 Å². The maximum atomic E-state index is 14.0. The Balaban J connectivity index is 1.28. The molecule has 0 saturated carbocycles. The van der Waals surface area contributed by atoms with Gasteiger partial charge in [0, 0.05) is 37.3 Å². The molecule has 0 bridgehead atoms. The Morgan fingerprint density at radius 1 is 1.18 bits per heavy atom. The van der Waals surface area contributed by atoms with Crippen molar-refractivity contribution in [1.29, 1.82) is 0 Å². The fourth-order valence-electron chi connectivity index (χ4n) is 6.11. The third kappa shape index (κ3) is 5.38.